The van der Waals surface area contributed by atoms with E-state index in [0.717, 1.165) is 38.9 Å². The van der Waals surface area contributed by atoms with E-state index < -0.39 is 34.0 Å². The summed E-state index contributed by atoms with van der Waals surface area (Å²) in [6, 6.07) is 41.2. The van der Waals surface area contributed by atoms with E-state index in [2.05, 4.69) is 20.8 Å². The van der Waals surface area contributed by atoms with Crippen molar-refractivity contribution in [2.24, 2.45) is 11.3 Å². The van der Waals surface area contributed by atoms with Crippen LogP contribution in [0.2, 0.25) is 0 Å². The van der Waals surface area contributed by atoms with Crippen LogP contribution < -0.4 is 34.1 Å². The van der Waals surface area contributed by atoms with E-state index in [-0.39, 0.29) is 62.9 Å². The summed E-state index contributed by atoms with van der Waals surface area (Å²) in [4.78, 5) is 54.7. The van der Waals surface area contributed by atoms with Crippen LogP contribution >= 0.6 is 23.0 Å². The summed E-state index contributed by atoms with van der Waals surface area (Å²) in [6.07, 6.45) is 1.28. The molecule has 2 atom stereocenters. The van der Waals surface area contributed by atoms with Crippen LogP contribution in [0.5, 0.6) is 28.7 Å². The van der Waals surface area contributed by atoms with Gasteiger partial charge in [0.1, 0.15) is 34.1 Å². The second-order valence-electron chi connectivity index (χ2n) is 21.3. The average molecular weight is 1150 g/mol. The van der Waals surface area contributed by atoms with Crippen molar-refractivity contribution >= 4 is 55.9 Å². The molecule has 7 aromatic carbocycles. The first-order valence-electron chi connectivity index (χ1n) is 26.6. The van der Waals surface area contributed by atoms with Gasteiger partial charge in [0.05, 0.1) is 34.0 Å². The lowest BCUT2D eigenvalue weighted by atomic mass is 9.86. The number of rotatable bonds is 20. The van der Waals surface area contributed by atoms with Crippen molar-refractivity contribution in [2.45, 2.75) is 89.0 Å². The Hall–Kier alpha value is -7.22. The molecule has 12 nitrogen and oxygen atoms in total. The Bertz CT molecular complexity index is 3300. The fourth-order valence-corrected chi connectivity index (χ4v) is 16.1. The maximum absolute atomic E-state index is 14.7. The summed E-state index contributed by atoms with van der Waals surface area (Å²) in [6.45, 7) is 21.8. The summed E-state index contributed by atoms with van der Waals surface area (Å²) in [7, 11) is -2.99. The lowest BCUT2D eigenvalue weighted by Crippen LogP contribution is -2.23. The second kappa shape index (κ2) is 28.5. The molecule has 0 aromatic heterocycles. The summed E-state index contributed by atoms with van der Waals surface area (Å²) >= 11 is 0. The highest BCUT2D eigenvalue weighted by Gasteiger charge is 2.47. The minimum Gasteiger partial charge on any atom is -0.496 e. The molecule has 81 heavy (non-hydrogen) atoms. The number of ether oxygens (including phenoxy) is 4. The number of ketones is 1. The minimum absolute atomic E-state index is 0.0130. The smallest absolute Gasteiger partial charge is 0.496 e. The van der Waals surface area contributed by atoms with Crippen molar-refractivity contribution in [1.82, 2.24) is 0 Å². The zero-order valence-corrected chi connectivity index (χ0v) is 52.1. The Morgan fingerprint density at radius 2 is 0.864 bits per heavy atom. The summed E-state index contributed by atoms with van der Waals surface area (Å²) in [5, 5.41) is 1.15. The molecule has 2 unspecified atom stereocenters. The van der Waals surface area contributed by atoms with Crippen LogP contribution in [0.15, 0.2) is 140 Å². The van der Waals surface area contributed by atoms with Crippen LogP contribution in [0.4, 0.5) is 0 Å². The molecule has 0 saturated heterocycles. The number of hydrogen-bond donors (Lipinski definition) is 0. The Morgan fingerprint density at radius 3 is 1.22 bits per heavy atom. The molecule has 0 aliphatic carbocycles. The molecule has 0 fully saturated rings. The van der Waals surface area contributed by atoms with Crippen LogP contribution in [0, 0.1) is 52.9 Å². The topological polar surface area (TPSA) is 166 Å². The molecule has 0 spiro atoms. The van der Waals surface area contributed by atoms with Gasteiger partial charge in [-0.05, 0) is 128 Å². The van der Waals surface area contributed by atoms with Gasteiger partial charge in [-0.1, -0.05) is 155 Å². The van der Waals surface area contributed by atoms with E-state index >= 15 is 0 Å². The minimum atomic E-state index is -4.25. The van der Waals surface area contributed by atoms with Crippen LogP contribution in [0.25, 0.3) is 0 Å². The van der Waals surface area contributed by atoms with Gasteiger partial charge in [0.2, 0.25) is 30.9 Å². The molecule has 7 aromatic rings. The first-order valence-corrected chi connectivity index (χ1v) is 31.0. The third-order valence-corrected chi connectivity index (χ3v) is 19.7. The van der Waals surface area contributed by atoms with Gasteiger partial charge in [-0.25, -0.2) is 0 Å². The zero-order chi connectivity index (χ0) is 60.0. The summed E-state index contributed by atoms with van der Waals surface area (Å²) < 4.78 is 66.4. The number of carbonyl (C=O) groups is 4. The Labute approximate surface area is 480 Å². The molecular formula is C66H76O12P3+. The third-order valence-electron chi connectivity index (χ3n) is 13.7. The normalized spacial score (nSPS) is 11.7. The van der Waals surface area contributed by atoms with Crippen LogP contribution in [-0.2, 0) is 20.1 Å². The molecular weight excluding hydrogens is 1080 g/mol. The molecule has 0 N–H and O–H groups in total. The van der Waals surface area contributed by atoms with Crippen LogP contribution in [-0.4, -0.2) is 57.0 Å². The fourth-order valence-electron chi connectivity index (χ4n) is 10.5. The van der Waals surface area contributed by atoms with Gasteiger partial charge in [0.25, 0.3) is 0 Å². The zero-order valence-electron chi connectivity index (χ0n) is 49.3. The van der Waals surface area contributed by atoms with E-state index in [1.807, 2.05) is 128 Å². The lowest BCUT2D eigenvalue weighted by Gasteiger charge is -2.27. The fraction of sp³-hybridized carbons (Fsp3) is 0.303. The van der Waals surface area contributed by atoms with Crippen molar-refractivity contribution in [3.63, 3.8) is 0 Å². The van der Waals surface area contributed by atoms with Crippen LogP contribution in [0.3, 0.4) is 0 Å². The highest BCUT2D eigenvalue weighted by molar-refractivity contribution is 7.95. The quantitative estimate of drug-likeness (QED) is 0.0524. The van der Waals surface area contributed by atoms with Gasteiger partial charge in [-0.2, -0.15) is 0 Å². The highest BCUT2D eigenvalue weighted by atomic mass is 31.2. The van der Waals surface area contributed by atoms with Gasteiger partial charge >= 0.3 is 8.69 Å². The summed E-state index contributed by atoms with van der Waals surface area (Å²) in [5.41, 5.74) is 6.55. The first kappa shape index (κ1) is 64.6. The standard InChI is InChI=1S/C26H35O7P.C22H21O2P.C18H20O3P/c1-17(15-26(2,3)4)16-34(29,24(27)22-18(30-5)11-9-12-19(22)31-6)25(28)23-20(32-7)13-10-14-21(23)33-8;1-16-14-17(2)21(18(3)15-16)22(23)25(24,19-10-6-4-7-11-19)20-12-8-5-9-13-20;1-5-14-7-6-8-15(21-22-20)17(14)18(19)16-12(3)9-11(2)10-13(16)4/h9-14,17H,15-16H2,1-8H3;4-15H,1-3H3;6-10,22H,5H2,1-4H3/q;;+1. The molecule has 7 rings (SSSR count). The van der Waals surface area contributed by atoms with Crippen molar-refractivity contribution in [3.8, 4) is 28.7 Å². The predicted molar refractivity (Wildman–Crippen MR) is 328 cm³/mol. The number of methoxy groups -OCH3 is 4. The van der Waals surface area contributed by atoms with Crippen molar-refractivity contribution in [1.29, 1.82) is 0 Å². The Morgan fingerprint density at radius 1 is 0.494 bits per heavy atom. The molecule has 15 heteroatoms. The Kier molecular flexibility index (Phi) is 22.7. The molecule has 0 aliphatic rings. The molecule has 0 radical (unpaired) electrons. The van der Waals surface area contributed by atoms with Crippen molar-refractivity contribution in [2.75, 3.05) is 34.6 Å². The van der Waals surface area contributed by atoms with Crippen molar-refractivity contribution < 1.29 is 56.3 Å². The Balaban J connectivity index is 0.000000229. The monoisotopic (exact) mass is 1150 g/mol. The van der Waals surface area contributed by atoms with Gasteiger partial charge in [-0.3, -0.25) is 23.7 Å². The second-order valence-corrected chi connectivity index (χ2v) is 27.0. The SMILES string of the molecule is CCc1cccc(O[PH+]=O)c1C(=O)c1c(C)cc(C)cc1C.COc1cccc(OC)c1C(=O)P(=O)(CC(C)CC(C)(C)C)C(=O)c1c(OC)cccc1OC.Cc1cc(C)c(C(=O)P(=O)(c2ccccc2)c2ccccc2)c(C)c1. The van der Waals surface area contributed by atoms with E-state index in [1.165, 1.54) is 28.4 Å². The number of benzene rings is 7. The first-order chi connectivity index (χ1) is 38.4. The van der Waals surface area contributed by atoms with E-state index in [9.17, 15) is 32.9 Å². The third kappa shape index (κ3) is 15.0. The van der Waals surface area contributed by atoms with E-state index in [0.29, 0.717) is 45.9 Å². The van der Waals surface area contributed by atoms with Gasteiger partial charge < -0.3 is 28.1 Å². The van der Waals surface area contributed by atoms with E-state index in [1.54, 1.807) is 66.7 Å². The van der Waals surface area contributed by atoms with Crippen LogP contribution in [0.1, 0.15) is 127 Å². The maximum atomic E-state index is 14.7. The maximum Gasteiger partial charge on any atom is 0.542 e. The largest absolute Gasteiger partial charge is 0.542 e. The van der Waals surface area contributed by atoms with Gasteiger partial charge in [-0.15, -0.1) is 0 Å². The highest BCUT2D eigenvalue weighted by Crippen LogP contribution is 2.58. The van der Waals surface area contributed by atoms with Crippen molar-refractivity contribution in [3.05, 3.63) is 206 Å². The number of hydrogen-bond acceptors (Lipinski definition) is 12. The summed E-state index contributed by atoms with van der Waals surface area (Å²) in [5.74, 6) is 0.888. The lowest BCUT2D eigenvalue weighted by molar-refractivity contribution is 0.102. The number of carbonyl (C=O) groups excluding carboxylic acids is 4. The van der Waals surface area contributed by atoms with Gasteiger partial charge in [0, 0.05) is 27.9 Å². The average Bonchev–Trinajstić information content (AvgIpc) is 3.63. The molecule has 0 aliphatic heterocycles. The molecule has 0 amide bonds. The molecule has 0 saturated carbocycles. The molecule has 0 bridgehead atoms. The number of aryl methyl sites for hydroxylation is 7. The van der Waals surface area contributed by atoms with Gasteiger partial charge in [0.15, 0.2) is 11.5 Å². The predicted octanol–water partition coefficient (Wildman–Crippen LogP) is 15.6. The molecule has 426 valence electrons. The van der Waals surface area contributed by atoms with E-state index in [4.69, 9.17) is 23.5 Å². The molecule has 0 heterocycles.